The highest BCUT2D eigenvalue weighted by Gasteiger charge is 2.67. The van der Waals surface area contributed by atoms with Crippen molar-refractivity contribution in [2.75, 3.05) is 14.1 Å². The molecule has 7 N–H and O–H groups in total. The zero-order valence-corrected chi connectivity index (χ0v) is 21.8. The summed E-state index contributed by atoms with van der Waals surface area (Å²) in [4.78, 5) is 51.9. The lowest BCUT2D eigenvalue weighted by molar-refractivity contribution is -0.162. The number of phenols is 1. The second-order valence-corrected chi connectivity index (χ2v) is 10.7. The molecule has 11 heteroatoms. The molecule has 0 spiro atoms. The average Bonchev–Trinajstić information content (AvgIpc) is 2.90. The number of rotatable bonds is 4. The Morgan fingerprint density at radius 2 is 1.68 bits per heavy atom. The van der Waals surface area contributed by atoms with Gasteiger partial charge in [-0.1, -0.05) is 43.3 Å². The van der Waals surface area contributed by atoms with Crippen LogP contribution in [-0.4, -0.2) is 86.0 Å². The van der Waals surface area contributed by atoms with E-state index in [1.807, 2.05) is 0 Å². The topological polar surface area (TPSA) is 199 Å². The molecule has 208 valence electrons. The summed E-state index contributed by atoms with van der Waals surface area (Å²) in [5.74, 6) is -9.39. The molecular weight excluding hydrogens is 520 g/mol. The Morgan fingerprint density at radius 1 is 1.05 bits per heavy atom. The van der Waals surface area contributed by atoms with E-state index < -0.39 is 81.4 Å². The summed E-state index contributed by atoms with van der Waals surface area (Å²) in [6, 6.07) is 8.14. The highest BCUT2D eigenvalue weighted by molar-refractivity contribution is 6.25. The van der Waals surface area contributed by atoms with Crippen LogP contribution in [0, 0.1) is 11.8 Å². The van der Waals surface area contributed by atoms with E-state index in [4.69, 9.17) is 5.73 Å². The molecule has 0 saturated heterocycles. The van der Waals surface area contributed by atoms with Crippen molar-refractivity contribution in [3.63, 3.8) is 0 Å². The van der Waals surface area contributed by atoms with Crippen molar-refractivity contribution in [1.29, 1.82) is 0 Å². The summed E-state index contributed by atoms with van der Waals surface area (Å²) in [7, 11) is 2.95. The number of hydrogen-bond acceptors (Lipinski definition) is 10. The molecule has 0 aromatic heterocycles. The number of likely N-dealkylation sites (N-methyl/N-ethyl adjacent to an activating group) is 1. The van der Waals surface area contributed by atoms with Gasteiger partial charge in [-0.3, -0.25) is 24.1 Å². The molecule has 0 unspecified atom stereocenters. The number of primary amides is 1. The number of aromatic hydroxyl groups is 1. The zero-order chi connectivity index (χ0) is 29.4. The number of amides is 1. The number of phenolic OH excluding ortho intramolecular Hbond substituents is 1. The molecule has 11 nitrogen and oxygen atoms in total. The fraction of sp³-hybridized carbons (Fsp3) is 0.310. The van der Waals surface area contributed by atoms with Crippen LogP contribution < -0.4 is 5.73 Å². The van der Waals surface area contributed by atoms with Crippen LogP contribution in [0.3, 0.4) is 0 Å². The van der Waals surface area contributed by atoms with Crippen molar-refractivity contribution in [2.45, 2.75) is 30.6 Å². The minimum atomic E-state index is -2.97. The number of benzene rings is 2. The second-order valence-electron chi connectivity index (χ2n) is 10.7. The third kappa shape index (κ3) is 3.41. The van der Waals surface area contributed by atoms with E-state index in [0.29, 0.717) is 23.0 Å². The lowest BCUT2D eigenvalue weighted by atomic mass is 9.55. The van der Waals surface area contributed by atoms with Gasteiger partial charge >= 0.3 is 0 Å². The van der Waals surface area contributed by atoms with E-state index in [9.17, 15) is 44.7 Å². The largest absolute Gasteiger partial charge is 0.510 e. The first kappa shape index (κ1) is 27.3. The van der Waals surface area contributed by atoms with E-state index in [2.05, 4.69) is 0 Å². The number of hydrogen-bond donors (Lipinski definition) is 6. The third-order valence-corrected chi connectivity index (χ3v) is 8.49. The van der Waals surface area contributed by atoms with Crippen LogP contribution in [0.2, 0.25) is 0 Å². The minimum absolute atomic E-state index is 0.183. The van der Waals surface area contributed by atoms with Crippen molar-refractivity contribution in [2.24, 2.45) is 17.6 Å². The van der Waals surface area contributed by atoms with Crippen LogP contribution in [0.4, 0.5) is 0 Å². The van der Waals surface area contributed by atoms with Crippen LogP contribution in [0.5, 0.6) is 5.75 Å². The Morgan fingerprint density at radius 3 is 2.23 bits per heavy atom. The number of fused-ring (bicyclic) bond motifs is 3. The molecule has 2 aromatic rings. The number of ketones is 2. The van der Waals surface area contributed by atoms with E-state index in [0.717, 1.165) is 0 Å². The van der Waals surface area contributed by atoms with E-state index in [1.54, 1.807) is 31.2 Å². The molecule has 0 heterocycles. The molecule has 3 aliphatic carbocycles. The van der Waals surface area contributed by atoms with Crippen molar-refractivity contribution in [1.82, 2.24) is 4.90 Å². The van der Waals surface area contributed by atoms with Gasteiger partial charge in [0.15, 0.2) is 11.4 Å². The van der Waals surface area contributed by atoms with Gasteiger partial charge in [0, 0.05) is 22.6 Å². The van der Waals surface area contributed by atoms with Crippen molar-refractivity contribution in [3.05, 3.63) is 75.8 Å². The van der Waals surface area contributed by atoms with Gasteiger partial charge in [-0.05, 0) is 31.1 Å². The maximum absolute atomic E-state index is 14.0. The van der Waals surface area contributed by atoms with Gasteiger partial charge in [0.25, 0.3) is 5.91 Å². The first-order chi connectivity index (χ1) is 18.8. The molecule has 1 amide bonds. The van der Waals surface area contributed by atoms with Gasteiger partial charge < -0.3 is 31.3 Å². The Balaban J connectivity index is 1.75. The number of aliphatic hydroxyl groups excluding tert-OH is 3. The Hall–Kier alpha value is -4.32. The summed E-state index contributed by atoms with van der Waals surface area (Å²) >= 11 is 0. The van der Waals surface area contributed by atoms with Crippen LogP contribution in [-0.2, 0) is 9.59 Å². The monoisotopic (exact) mass is 548 g/mol. The normalized spacial score (nSPS) is 29.7. The first-order valence-corrected chi connectivity index (χ1v) is 12.5. The van der Waals surface area contributed by atoms with Crippen LogP contribution in [0.15, 0.2) is 59.1 Å². The molecule has 0 fully saturated rings. The minimum Gasteiger partial charge on any atom is -0.510 e. The van der Waals surface area contributed by atoms with Gasteiger partial charge in [-0.2, -0.15) is 0 Å². The van der Waals surface area contributed by atoms with Gasteiger partial charge in [0.2, 0.25) is 5.78 Å². The quantitative estimate of drug-likeness (QED) is 0.238. The van der Waals surface area contributed by atoms with E-state index in [1.165, 1.54) is 31.1 Å². The highest BCUT2D eigenvalue weighted by atomic mass is 16.4. The maximum Gasteiger partial charge on any atom is 0.255 e. The van der Waals surface area contributed by atoms with Crippen LogP contribution in [0.25, 0.3) is 11.1 Å². The van der Waals surface area contributed by atoms with Crippen molar-refractivity contribution < 1.29 is 44.7 Å². The predicted molar refractivity (Wildman–Crippen MR) is 141 cm³/mol. The SMILES string of the molecule is C[C@H]1c2ccc(-c3ccc(C=O)cc3)c(O)c2C(=O)C2=C(O)[C@]3(O)C(=O)C(C(N)=O)=C(O)[C@@H](N(C)C)[C@@H]3[C@@H](O)[C@@H]21. The molecule has 5 rings (SSSR count). The Labute approximate surface area is 228 Å². The molecule has 0 radical (unpaired) electrons. The number of Topliss-reactive ketones (excluding diaryl/α,β-unsaturated/α-hetero) is 2. The van der Waals surface area contributed by atoms with Crippen LogP contribution >= 0.6 is 0 Å². The van der Waals surface area contributed by atoms with Crippen LogP contribution in [0.1, 0.15) is 39.1 Å². The molecule has 2 aromatic carbocycles. The molecular formula is C29H28N2O9. The number of aliphatic hydroxyl groups is 4. The molecule has 40 heavy (non-hydrogen) atoms. The smallest absolute Gasteiger partial charge is 0.255 e. The summed E-state index contributed by atoms with van der Waals surface area (Å²) < 4.78 is 0. The molecule has 3 aliphatic rings. The number of nitrogens with zero attached hydrogens (tertiary/aromatic N) is 1. The summed E-state index contributed by atoms with van der Waals surface area (Å²) in [6.07, 6.45) is -0.997. The second kappa shape index (κ2) is 9.12. The molecule has 0 bridgehead atoms. The predicted octanol–water partition coefficient (Wildman–Crippen LogP) is 1.13. The molecule has 0 saturated carbocycles. The summed E-state index contributed by atoms with van der Waals surface area (Å²) in [6.45, 7) is 1.66. The number of nitrogens with two attached hydrogens (primary N) is 1. The number of carbonyl (C=O) groups is 4. The molecule has 0 aliphatic heterocycles. The fourth-order valence-electron chi connectivity index (χ4n) is 6.60. The average molecular weight is 549 g/mol. The number of carbonyl (C=O) groups excluding carboxylic acids is 4. The maximum atomic E-state index is 14.0. The lowest BCUT2D eigenvalue weighted by Gasteiger charge is -2.53. The van der Waals surface area contributed by atoms with E-state index in [-0.39, 0.29) is 11.1 Å². The van der Waals surface area contributed by atoms with Crippen molar-refractivity contribution in [3.8, 4) is 16.9 Å². The van der Waals surface area contributed by atoms with E-state index >= 15 is 0 Å². The van der Waals surface area contributed by atoms with Gasteiger partial charge in [0.05, 0.1) is 23.6 Å². The zero-order valence-electron chi connectivity index (χ0n) is 21.8. The lowest BCUT2D eigenvalue weighted by Crippen LogP contribution is -2.68. The van der Waals surface area contributed by atoms with Gasteiger partial charge in [0.1, 0.15) is 29.1 Å². The molecule has 6 atom stereocenters. The Bertz CT molecular complexity index is 1560. The van der Waals surface area contributed by atoms with Gasteiger partial charge in [-0.25, -0.2) is 0 Å². The van der Waals surface area contributed by atoms with Gasteiger partial charge in [-0.15, -0.1) is 0 Å². The number of aldehydes is 1. The third-order valence-electron chi connectivity index (χ3n) is 8.49. The van der Waals surface area contributed by atoms with Crippen molar-refractivity contribution >= 4 is 23.8 Å². The summed E-state index contributed by atoms with van der Waals surface area (Å²) in [5, 5.41) is 57.0. The first-order valence-electron chi connectivity index (χ1n) is 12.5. The summed E-state index contributed by atoms with van der Waals surface area (Å²) in [5.41, 5.74) is 2.28. The fourth-order valence-corrected chi connectivity index (χ4v) is 6.60. The Kier molecular flexibility index (Phi) is 6.21. The standard InChI is InChI=1S/C29H28N2O9/c1-11-14-8-9-15(13-6-4-12(10-32)5-7-13)22(33)17(14)23(34)18-16(11)24(35)20-21(31(2)3)25(36)19(28(30)39)27(38)29(20,40)26(18)37/h4-11,16,20-21,24,33,35-37,40H,1-3H3,(H2,30,39)/t11-,16+,20+,21-,24-,29-/m0/s1. The highest BCUT2D eigenvalue weighted by Crippen LogP contribution is 2.56.